The van der Waals surface area contributed by atoms with Crippen LogP contribution in [-0.4, -0.2) is 24.0 Å². The molecular weight excluding hydrogens is 251 g/mol. The summed E-state index contributed by atoms with van der Waals surface area (Å²) in [4.78, 5) is 0. The maximum atomic E-state index is 12.5. The third kappa shape index (κ3) is 3.66. The number of aliphatic hydroxyl groups is 1. The zero-order valence-corrected chi connectivity index (χ0v) is 12.0. The monoisotopic (exact) mass is 272 g/mol. The average Bonchev–Trinajstić information content (AvgIpc) is 2.38. The summed E-state index contributed by atoms with van der Waals surface area (Å²) < 4.78 is 23.0. The van der Waals surface area contributed by atoms with Gasteiger partial charge in [-0.2, -0.15) is 0 Å². The van der Waals surface area contributed by atoms with Gasteiger partial charge in [0.15, 0.2) is 0 Å². The Balaban J connectivity index is 2.89. The first-order valence-corrected chi connectivity index (χ1v) is 7.78. The molecule has 0 aliphatic rings. The van der Waals surface area contributed by atoms with Gasteiger partial charge in [0.2, 0.25) is 0 Å². The summed E-state index contributed by atoms with van der Waals surface area (Å²) in [7, 11) is -3.28. The topological polar surface area (TPSA) is 55.8 Å². The molecular formula is C13H21O4P. The quantitative estimate of drug-likeness (QED) is 0.773. The van der Waals surface area contributed by atoms with Gasteiger partial charge in [-0.1, -0.05) is 30.3 Å². The molecule has 0 fully saturated rings. The molecule has 0 aliphatic carbocycles. The van der Waals surface area contributed by atoms with Crippen molar-refractivity contribution in [1.29, 1.82) is 0 Å². The average molecular weight is 272 g/mol. The van der Waals surface area contributed by atoms with Crippen LogP contribution in [0.2, 0.25) is 0 Å². The fraction of sp³-hybridized carbons (Fsp3) is 0.538. The molecule has 0 radical (unpaired) electrons. The smallest absolute Gasteiger partial charge is 0.336 e. The SMILES string of the molecule is CCOP(=O)(OCC)C(C)C(O)c1ccccc1. The van der Waals surface area contributed by atoms with Crippen LogP contribution in [-0.2, 0) is 13.6 Å². The summed E-state index contributed by atoms with van der Waals surface area (Å²) in [5.74, 6) is 0. The second kappa shape index (κ2) is 7.05. The third-order valence-electron chi connectivity index (χ3n) is 2.71. The molecule has 0 aromatic heterocycles. The minimum atomic E-state index is -3.28. The summed E-state index contributed by atoms with van der Waals surface area (Å²) in [5.41, 5.74) is 0.115. The lowest BCUT2D eigenvalue weighted by Gasteiger charge is -2.27. The van der Waals surface area contributed by atoms with Crippen LogP contribution in [0, 0.1) is 0 Å². The van der Waals surface area contributed by atoms with Crippen LogP contribution in [0.1, 0.15) is 32.4 Å². The Morgan fingerprint density at radius 1 is 1.17 bits per heavy atom. The van der Waals surface area contributed by atoms with E-state index in [4.69, 9.17) is 9.05 Å². The molecule has 5 heteroatoms. The van der Waals surface area contributed by atoms with Crippen molar-refractivity contribution in [2.45, 2.75) is 32.5 Å². The maximum Gasteiger partial charge on any atom is 0.336 e. The Morgan fingerprint density at radius 3 is 2.11 bits per heavy atom. The molecule has 0 saturated carbocycles. The van der Waals surface area contributed by atoms with Gasteiger partial charge in [0.05, 0.1) is 25.0 Å². The Bertz CT molecular complexity index is 383. The fourth-order valence-electron chi connectivity index (χ4n) is 1.73. The van der Waals surface area contributed by atoms with Gasteiger partial charge in [0.25, 0.3) is 0 Å². The van der Waals surface area contributed by atoms with E-state index in [1.807, 2.05) is 18.2 Å². The summed E-state index contributed by atoms with van der Waals surface area (Å²) in [5, 5.41) is 10.2. The van der Waals surface area contributed by atoms with Gasteiger partial charge in [-0.3, -0.25) is 4.57 Å². The number of rotatable bonds is 7. The molecule has 0 saturated heterocycles. The molecule has 1 aromatic carbocycles. The van der Waals surface area contributed by atoms with Gasteiger partial charge in [-0.25, -0.2) is 0 Å². The Kier molecular flexibility index (Phi) is 6.03. The standard InChI is InChI=1S/C13H21O4P/c1-4-16-18(15,17-5-2)11(3)13(14)12-9-7-6-8-10-12/h6-11,13-14H,4-5H2,1-3H3. The predicted molar refractivity (Wildman–Crippen MR) is 71.7 cm³/mol. The van der Waals surface area contributed by atoms with Crippen LogP contribution in [0.15, 0.2) is 30.3 Å². The van der Waals surface area contributed by atoms with E-state index in [-0.39, 0.29) is 0 Å². The van der Waals surface area contributed by atoms with Crippen molar-refractivity contribution in [3.8, 4) is 0 Å². The molecule has 1 rings (SSSR count). The van der Waals surface area contributed by atoms with Crippen LogP contribution in [0.4, 0.5) is 0 Å². The fourth-order valence-corrected chi connectivity index (χ4v) is 3.52. The van der Waals surface area contributed by atoms with E-state index in [0.29, 0.717) is 18.8 Å². The number of aliphatic hydroxyl groups excluding tert-OH is 1. The molecule has 1 N–H and O–H groups in total. The van der Waals surface area contributed by atoms with Crippen LogP contribution >= 0.6 is 7.60 Å². The normalized spacial score (nSPS) is 15.3. The highest BCUT2D eigenvalue weighted by Crippen LogP contribution is 2.56. The first kappa shape index (κ1) is 15.4. The van der Waals surface area contributed by atoms with Gasteiger partial charge in [0, 0.05) is 0 Å². The highest BCUT2D eigenvalue weighted by molar-refractivity contribution is 7.54. The van der Waals surface area contributed by atoms with E-state index in [1.165, 1.54) is 0 Å². The maximum absolute atomic E-state index is 12.5. The van der Waals surface area contributed by atoms with E-state index in [9.17, 15) is 9.67 Å². The third-order valence-corrected chi connectivity index (χ3v) is 5.23. The van der Waals surface area contributed by atoms with E-state index >= 15 is 0 Å². The van der Waals surface area contributed by atoms with Crippen molar-refractivity contribution in [2.24, 2.45) is 0 Å². The lowest BCUT2D eigenvalue weighted by Crippen LogP contribution is -2.18. The van der Waals surface area contributed by atoms with Crippen LogP contribution in [0.5, 0.6) is 0 Å². The summed E-state index contributed by atoms with van der Waals surface area (Å²) >= 11 is 0. The van der Waals surface area contributed by atoms with E-state index in [2.05, 4.69) is 0 Å². The largest absolute Gasteiger partial charge is 0.387 e. The zero-order valence-electron chi connectivity index (χ0n) is 11.1. The van der Waals surface area contributed by atoms with E-state index < -0.39 is 19.4 Å². The van der Waals surface area contributed by atoms with Crippen LogP contribution < -0.4 is 0 Å². The molecule has 2 unspecified atom stereocenters. The summed E-state index contributed by atoms with van der Waals surface area (Å²) in [6.07, 6.45) is -0.866. The molecule has 2 atom stereocenters. The van der Waals surface area contributed by atoms with Gasteiger partial charge < -0.3 is 14.2 Å². The molecule has 0 heterocycles. The number of hydrogen-bond acceptors (Lipinski definition) is 4. The Hall–Kier alpha value is -0.670. The molecule has 0 amide bonds. The number of hydrogen-bond donors (Lipinski definition) is 1. The Labute approximate surface area is 108 Å². The molecule has 0 spiro atoms. The zero-order chi connectivity index (χ0) is 13.6. The van der Waals surface area contributed by atoms with Crippen molar-refractivity contribution in [1.82, 2.24) is 0 Å². The van der Waals surface area contributed by atoms with Crippen molar-refractivity contribution in [3.05, 3.63) is 35.9 Å². The first-order chi connectivity index (χ1) is 8.55. The second-order valence-corrected chi connectivity index (χ2v) is 6.38. The lowest BCUT2D eigenvalue weighted by molar-refractivity contribution is 0.144. The van der Waals surface area contributed by atoms with Gasteiger partial charge in [0.1, 0.15) is 0 Å². The summed E-state index contributed by atoms with van der Waals surface area (Å²) in [6, 6.07) is 9.12. The van der Waals surface area contributed by atoms with Gasteiger partial charge >= 0.3 is 7.60 Å². The predicted octanol–water partition coefficient (Wildman–Crippen LogP) is 3.37. The van der Waals surface area contributed by atoms with E-state index in [1.54, 1.807) is 32.9 Å². The molecule has 1 aromatic rings. The Morgan fingerprint density at radius 2 is 1.67 bits per heavy atom. The van der Waals surface area contributed by atoms with Gasteiger partial charge in [-0.05, 0) is 26.3 Å². The molecule has 0 bridgehead atoms. The molecule has 18 heavy (non-hydrogen) atoms. The first-order valence-electron chi connectivity index (χ1n) is 6.17. The minimum absolute atomic E-state index is 0.295. The summed E-state index contributed by atoms with van der Waals surface area (Å²) in [6.45, 7) is 5.79. The van der Waals surface area contributed by atoms with Crippen molar-refractivity contribution in [3.63, 3.8) is 0 Å². The van der Waals surface area contributed by atoms with Crippen molar-refractivity contribution in [2.75, 3.05) is 13.2 Å². The van der Waals surface area contributed by atoms with E-state index in [0.717, 1.165) is 0 Å². The highest BCUT2D eigenvalue weighted by atomic mass is 31.2. The minimum Gasteiger partial charge on any atom is -0.387 e. The van der Waals surface area contributed by atoms with Crippen LogP contribution in [0.25, 0.3) is 0 Å². The van der Waals surface area contributed by atoms with Crippen molar-refractivity contribution >= 4 is 7.60 Å². The molecule has 0 aliphatic heterocycles. The molecule has 102 valence electrons. The molecule has 4 nitrogen and oxygen atoms in total. The second-order valence-electron chi connectivity index (χ2n) is 3.97. The lowest BCUT2D eigenvalue weighted by atomic mass is 10.1. The highest BCUT2D eigenvalue weighted by Gasteiger charge is 2.37. The number of benzene rings is 1. The van der Waals surface area contributed by atoms with Gasteiger partial charge in [-0.15, -0.1) is 0 Å². The van der Waals surface area contributed by atoms with Crippen molar-refractivity contribution < 1.29 is 18.7 Å². The van der Waals surface area contributed by atoms with Crippen LogP contribution in [0.3, 0.4) is 0 Å².